The monoisotopic (exact) mass is 471 g/mol. The first-order chi connectivity index (χ1) is 15.4. The number of methoxy groups -OCH3 is 1. The van der Waals surface area contributed by atoms with Gasteiger partial charge in [0.2, 0.25) is 0 Å². The Morgan fingerprint density at radius 1 is 1.19 bits per heavy atom. The molecule has 8 heteroatoms. The number of ether oxygens (including phenoxy) is 3. The number of esters is 1. The van der Waals surface area contributed by atoms with Gasteiger partial charge in [0.1, 0.15) is 17.5 Å². The van der Waals surface area contributed by atoms with Crippen LogP contribution >= 0.6 is 24.0 Å². The van der Waals surface area contributed by atoms with E-state index in [4.69, 9.17) is 26.4 Å². The van der Waals surface area contributed by atoms with Crippen LogP contribution in [0.5, 0.6) is 11.5 Å². The zero-order chi connectivity index (χ0) is 23.1. The van der Waals surface area contributed by atoms with Gasteiger partial charge < -0.3 is 14.2 Å². The summed E-state index contributed by atoms with van der Waals surface area (Å²) in [6.07, 6.45) is 2.45. The highest BCUT2D eigenvalue weighted by molar-refractivity contribution is 8.26. The number of nitrogens with zero attached hydrogens (tertiary/aromatic N) is 1. The molecule has 0 spiro atoms. The molecule has 0 saturated carbocycles. The molecule has 1 fully saturated rings. The van der Waals surface area contributed by atoms with Crippen LogP contribution in [0, 0.1) is 6.92 Å². The maximum Gasteiger partial charge on any atom is 0.326 e. The van der Waals surface area contributed by atoms with E-state index >= 15 is 0 Å². The Bertz CT molecular complexity index is 1050. The average Bonchev–Trinajstić information content (AvgIpc) is 3.04. The number of amides is 1. The van der Waals surface area contributed by atoms with Crippen molar-refractivity contribution < 1.29 is 23.8 Å². The van der Waals surface area contributed by atoms with Crippen LogP contribution in [0.25, 0.3) is 6.08 Å². The number of carbonyl (C=O) groups excluding carboxylic acids is 2. The number of thiocarbonyl (C=S) groups is 1. The molecule has 168 valence electrons. The zero-order valence-corrected chi connectivity index (χ0v) is 19.9. The number of carbonyl (C=O) groups is 2. The zero-order valence-electron chi connectivity index (χ0n) is 18.3. The van der Waals surface area contributed by atoms with Crippen molar-refractivity contribution in [1.29, 1.82) is 0 Å². The Morgan fingerprint density at radius 2 is 1.97 bits per heavy atom. The Kier molecular flexibility index (Phi) is 8.30. The van der Waals surface area contributed by atoms with E-state index in [2.05, 4.69) is 0 Å². The van der Waals surface area contributed by atoms with E-state index in [0.29, 0.717) is 33.9 Å². The van der Waals surface area contributed by atoms with E-state index < -0.39 is 5.97 Å². The van der Waals surface area contributed by atoms with Crippen LogP contribution < -0.4 is 9.47 Å². The van der Waals surface area contributed by atoms with Crippen LogP contribution in [0.15, 0.2) is 47.4 Å². The summed E-state index contributed by atoms with van der Waals surface area (Å²) >= 11 is 6.44. The van der Waals surface area contributed by atoms with Crippen molar-refractivity contribution in [3.05, 3.63) is 64.1 Å². The van der Waals surface area contributed by atoms with Crippen LogP contribution in [0.1, 0.15) is 30.0 Å². The molecule has 1 saturated heterocycles. The van der Waals surface area contributed by atoms with Gasteiger partial charge in [0.15, 0.2) is 11.5 Å². The first kappa shape index (κ1) is 23.8. The highest BCUT2D eigenvalue weighted by Crippen LogP contribution is 2.35. The molecule has 0 atom stereocenters. The molecule has 32 heavy (non-hydrogen) atoms. The van der Waals surface area contributed by atoms with E-state index in [1.807, 2.05) is 50.2 Å². The fraction of sp³-hybridized carbons (Fsp3) is 0.292. The Balaban J connectivity index is 1.71. The molecular weight excluding hydrogens is 446 g/mol. The molecule has 0 aromatic heterocycles. The largest absolute Gasteiger partial charge is 0.493 e. The first-order valence-electron chi connectivity index (χ1n) is 10.2. The Morgan fingerprint density at radius 3 is 2.69 bits per heavy atom. The predicted octanol–water partition coefficient (Wildman–Crippen LogP) is 4.74. The fourth-order valence-electron chi connectivity index (χ4n) is 3.00. The maximum absolute atomic E-state index is 12.7. The minimum atomic E-state index is -0.471. The lowest BCUT2D eigenvalue weighted by Gasteiger charge is -2.13. The molecule has 1 aliphatic heterocycles. The second-order valence-corrected chi connectivity index (χ2v) is 8.79. The number of rotatable bonds is 9. The molecule has 2 aromatic rings. The van der Waals surface area contributed by atoms with Crippen molar-refractivity contribution in [2.45, 2.75) is 26.9 Å². The number of benzene rings is 2. The third kappa shape index (κ3) is 5.89. The number of hydrogen-bond donors (Lipinski definition) is 0. The molecule has 0 bridgehead atoms. The fourth-order valence-corrected chi connectivity index (χ4v) is 4.25. The van der Waals surface area contributed by atoms with Gasteiger partial charge in [-0.15, -0.1) is 0 Å². The Hall–Kier alpha value is -2.84. The maximum atomic E-state index is 12.7. The van der Waals surface area contributed by atoms with Gasteiger partial charge in [-0.2, -0.15) is 0 Å². The minimum absolute atomic E-state index is 0.184. The highest BCUT2D eigenvalue weighted by Gasteiger charge is 2.33. The van der Waals surface area contributed by atoms with Gasteiger partial charge in [-0.25, -0.2) is 0 Å². The lowest BCUT2D eigenvalue weighted by molar-refractivity contribution is -0.146. The summed E-state index contributed by atoms with van der Waals surface area (Å²) in [5, 5.41) is 0. The molecule has 3 rings (SSSR count). The standard InChI is InChI=1S/C24H25NO5S2/c1-4-11-29-22(26)14-25-23(27)21(32-24(25)31)13-17-9-10-19(20(12-17)28-3)30-15-18-8-6-5-7-16(18)2/h5-10,12-13H,4,11,14-15H2,1-3H3. The van der Waals surface area contributed by atoms with Gasteiger partial charge in [-0.1, -0.05) is 61.2 Å². The van der Waals surface area contributed by atoms with Crippen LogP contribution in [0.3, 0.4) is 0 Å². The lowest BCUT2D eigenvalue weighted by atomic mass is 10.1. The van der Waals surface area contributed by atoms with Gasteiger partial charge >= 0.3 is 5.97 Å². The van der Waals surface area contributed by atoms with Crippen molar-refractivity contribution >= 4 is 46.3 Å². The smallest absolute Gasteiger partial charge is 0.326 e. The van der Waals surface area contributed by atoms with Crippen molar-refractivity contribution in [1.82, 2.24) is 4.90 Å². The molecular formula is C24H25NO5S2. The van der Waals surface area contributed by atoms with Crippen molar-refractivity contribution in [2.75, 3.05) is 20.3 Å². The summed E-state index contributed by atoms with van der Waals surface area (Å²) in [6.45, 7) is 4.51. The summed E-state index contributed by atoms with van der Waals surface area (Å²) < 4.78 is 16.8. The van der Waals surface area contributed by atoms with Crippen molar-refractivity contribution in [2.24, 2.45) is 0 Å². The molecule has 2 aromatic carbocycles. The van der Waals surface area contributed by atoms with Gasteiger partial charge in [0, 0.05) is 0 Å². The summed E-state index contributed by atoms with van der Waals surface area (Å²) in [7, 11) is 1.57. The predicted molar refractivity (Wildman–Crippen MR) is 130 cm³/mol. The molecule has 0 radical (unpaired) electrons. The van der Waals surface area contributed by atoms with Crippen molar-refractivity contribution in [3.8, 4) is 11.5 Å². The summed E-state index contributed by atoms with van der Waals surface area (Å²) in [5.41, 5.74) is 3.02. The van der Waals surface area contributed by atoms with Crippen LogP contribution in [0.2, 0.25) is 0 Å². The normalized spacial score (nSPS) is 14.7. The molecule has 0 N–H and O–H groups in total. The number of thioether (sulfide) groups is 1. The molecule has 6 nitrogen and oxygen atoms in total. The van der Waals surface area contributed by atoms with Gasteiger partial charge in [-0.05, 0) is 48.2 Å². The van der Waals surface area contributed by atoms with Gasteiger partial charge in [0.05, 0.1) is 18.6 Å². The third-order valence-corrected chi connectivity index (χ3v) is 6.14. The topological polar surface area (TPSA) is 65.1 Å². The second-order valence-electron chi connectivity index (χ2n) is 7.11. The molecule has 0 unspecified atom stereocenters. The first-order valence-corrected chi connectivity index (χ1v) is 11.4. The van der Waals surface area contributed by atoms with E-state index in [1.165, 1.54) is 4.90 Å². The SMILES string of the molecule is CCCOC(=O)CN1C(=O)C(=Cc2ccc(OCc3ccccc3C)c(OC)c2)SC1=S. The highest BCUT2D eigenvalue weighted by atomic mass is 32.2. The third-order valence-electron chi connectivity index (χ3n) is 4.76. The minimum Gasteiger partial charge on any atom is -0.493 e. The summed E-state index contributed by atoms with van der Waals surface area (Å²) in [6, 6.07) is 13.5. The number of hydrogen-bond acceptors (Lipinski definition) is 7. The Labute approximate surface area is 197 Å². The molecule has 0 aliphatic carbocycles. The number of aryl methyl sites for hydroxylation is 1. The van der Waals surface area contributed by atoms with Crippen LogP contribution in [-0.2, 0) is 20.9 Å². The van der Waals surface area contributed by atoms with E-state index in [0.717, 1.165) is 34.9 Å². The van der Waals surface area contributed by atoms with Gasteiger partial charge in [0.25, 0.3) is 5.91 Å². The van der Waals surface area contributed by atoms with E-state index in [1.54, 1.807) is 19.3 Å². The second kappa shape index (κ2) is 11.2. The lowest BCUT2D eigenvalue weighted by Crippen LogP contribution is -2.34. The van der Waals surface area contributed by atoms with Crippen LogP contribution in [-0.4, -0.2) is 41.4 Å². The van der Waals surface area contributed by atoms with E-state index in [-0.39, 0.29) is 12.5 Å². The average molecular weight is 472 g/mol. The quantitative estimate of drug-likeness (QED) is 0.297. The summed E-state index contributed by atoms with van der Waals surface area (Å²) in [4.78, 5) is 26.3. The van der Waals surface area contributed by atoms with E-state index in [9.17, 15) is 9.59 Å². The molecule has 1 aliphatic rings. The van der Waals surface area contributed by atoms with Crippen LogP contribution in [0.4, 0.5) is 0 Å². The molecule has 1 heterocycles. The van der Waals surface area contributed by atoms with Crippen molar-refractivity contribution in [3.63, 3.8) is 0 Å². The molecule has 1 amide bonds. The summed E-state index contributed by atoms with van der Waals surface area (Å²) in [5.74, 6) is 0.388. The van der Waals surface area contributed by atoms with Gasteiger partial charge in [-0.3, -0.25) is 14.5 Å².